The van der Waals surface area contributed by atoms with Crippen LogP contribution in [0.3, 0.4) is 0 Å². The molecule has 5 rings (SSSR count). The maximum Gasteiger partial charge on any atom is 0.173 e. The van der Waals surface area contributed by atoms with E-state index < -0.39 is 5.82 Å². The smallest absolute Gasteiger partial charge is 0.173 e. The first kappa shape index (κ1) is 21.8. The van der Waals surface area contributed by atoms with Gasteiger partial charge >= 0.3 is 0 Å². The molecule has 0 bridgehead atoms. The molecule has 2 aromatic carbocycles. The van der Waals surface area contributed by atoms with E-state index in [0.29, 0.717) is 36.0 Å². The Bertz CT molecular complexity index is 1270. The molecule has 2 saturated heterocycles. The highest BCUT2D eigenvalue weighted by molar-refractivity contribution is 6.03. The van der Waals surface area contributed by atoms with Crippen molar-refractivity contribution in [3.05, 3.63) is 58.8 Å². The standard InChI is InChI=1S/C26H28F2N4O/c1-3-17-20(27)6-5-16-11-15(2)12-18(21(16)17)24-22(28)23(29)19(13-31-24)25(30)32-9-4-7-26(14-32)8-10-33-26/h5-6,11-13,30H,3-4,7-10,14H2,1-2H3,(H2,29,31)/t26-/m0/s1. The molecule has 33 heavy (non-hydrogen) atoms. The number of amidine groups is 1. The minimum absolute atomic E-state index is 0.0792. The molecule has 7 heteroatoms. The molecule has 2 fully saturated rings. The molecule has 3 aromatic rings. The number of nitrogen functional groups attached to an aromatic ring is 1. The van der Waals surface area contributed by atoms with Crippen LogP contribution in [-0.4, -0.2) is 41.0 Å². The predicted molar refractivity (Wildman–Crippen MR) is 127 cm³/mol. The largest absolute Gasteiger partial charge is 0.396 e. The number of pyridine rings is 1. The number of anilines is 1. The highest BCUT2D eigenvalue weighted by atomic mass is 19.1. The quantitative estimate of drug-likeness (QED) is 0.424. The average molecular weight is 451 g/mol. The summed E-state index contributed by atoms with van der Waals surface area (Å²) in [6.45, 7) is 5.85. The number of nitrogens with zero attached hydrogens (tertiary/aromatic N) is 2. The summed E-state index contributed by atoms with van der Waals surface area (Å²) >= 11 is 0. The highest BCUT2D eigenvalue weighted by Crippen LogP contribution is 2.38. The second kappa shape index (κ2) is 8.06. The zero-order chi connectivity index (χ0) is 23.3. The summed E-state index contributed by atoms with van der Waals surface area (Å²) in [4.78, 5) is 6.32. The minimum atomic E-state index is -0.679. The summed E-state index contributed by atoms with van der Waals surface area (Å²) in [5, 5.41) is 10.2. The fourth-order valence-corrected chi connectivity index (χ4v) is 5.25. The van der Waals surface area contributed by atoms with Crippen molar-refractivity contribution in [2.45, 2.75) is 45.1 Å². The average Bonchev–Trinajstić information content (AvgIpc) is 2.79. The van der Waals surface area contributed by atoms with Crippen molar-refractivity contribution in [2.75, 3.05) is 25.4 Å². The Morgan fingerprint density at radius 2 is 2.06 bits per heavy atom. The molecule has 0 amide bonds. The number of piperidine rings is 1. The van der Waals surface area contributed by atoms with Gasteiger partial charge in [-0.1, -0.05) is 19.1 Å². The van der Waals surface area contributed by atoms with Gasteiger partial charge in [-0.2, -0.15) is 0 Å². The molecule has 1 atom stereocenters. The lowest BCUT2D eigenvalue weighted by atomic mass is 9.85. The SMILES string of the molecule is CCc1c(F)ccc2cc(C)cc(-c3ncc(C(=N)N4CCC[C@]5(CCO5)C4)c(N)c3F)c12. The molecule has 0 radical (unpaired) electrons. The molecule has 2 aliphatic heterocycles. The zero-order valence-electron chi connectivity index (χ0n) is 19.0. The number of aryl methyl sites for hydroxylation is 2. The summed E-state index contributed by atoms with van der Waals surface area (Å²) in [6.07, 6.45) is 4.82. The van der Waals surface area contributed by atoms with Crippen LogP contribution in [0.5, 0.6) is 0 Å². The van der Waals surface area contributed by atoms with E-state index in [4.69, 9.17) is 15.9 Å². The van der Waals surface area contributed by atoms with Gasteiger partial charge in [0.05, 0.1) is 23.5 Å². The van der Waals surface area contributed by atoms with Gasteiger partial charge in [0.25, 0.3) is 0 Å². The Morgan fingerprint density at radius 3 is 2.76 bits per heavy atom. The van der Waals surface area contributed by atoms with E-state index >= 15 is 4.39 Å². The molecule has 0 aliphatic carbocycles. The summed E-state index contributed by atoms with van der Waals surface area (Å²) in [5.74, 6) is -0.837. The number of halogens is 2. The van der Waals surface area contributed by atoms with E-state index in [-0.39, 0.29) is 34.2 Å². The van der Waals surface area contributed by atoms with Crippen LogP contribution in [0.1, 0.15) is 42.9 Å². The summed E-state index contributed by atoms with van der Waals surface area (Å²) in [5.41, 5.74) is 8.25. The number of nitrogens with one attached hydrogen (secondary N) is 1. The van der Waals surface area contributed by atoms with Gasteiger partial charge in [0.1, 0.15) is 17.3 Å². The van der Waals surface area contributed by atoms with E-state index in [1.165, 1.54) is 12.3 Å². The van der Waals surface area contributed by atoms with Crippen LogP contribution >= 0.6 is 0 Å². The monoisotopic (exact) mass is 450 g/mol. The first-order chi connectivity index (χ1) is 15.8. The summed E-state index contributed by atoms with van der Waals surface area (Å²) < 4.78 is 36.1. The van der Waals surface area contributed by atoms with E-state index in [2.05, 4.69) is 4.98 Å². The molecule has 3 N–H and O–H groups in total. The van der Waals surface area contributed by atoms with Crippen molar-refractivity contribution in [3.8, 4) is 11.3 Å². The first-order valence-electron chi connectivity index (χ1n) is 11.5. The van der Waals surface area contributed by atoms with Crippen molar-refractivity contribution < 1.29 is 13.5 Å². The lowest BCUT2D eigenvalue weighted by Gasteiger charge is -2.49. The van der Waals surface area contributed by atoms with E-state index in [0.717, 1.165) is 36.8 Å². The van der Waals surface area contributed by atoms with Crippen LogP contribution in [0, 0.1) is 24.0 Å². The Kier molecular flexibility index (Phi) is 5.32. The number of ether oxygens (including phenoxy) is 1. The Morgan fingerprint density at radius 1 is 1.27 bits per heavy atom. The third kappa shape index (κ3) is 3.55. The molecule has 0 unspecified atom stereocenters. The van der Waals surface area contributed by atoms with E-state index in [1.807, 2.05) is 30.9 Å². The van der Waals surface area contributed by atoms with Crippen LogP contribution in [0.2, 0.25) is 0 Å². The Labute approximate surface area is 192 Å². The molecular weight excluding hydrogens is 422 g/mol. The molecule has 1 aromatic heterocycles. The Hall–Kier alpha value is -3.06. The number of aromatic nitrogens is 1. The van der Waals surface area contributed by atoms with Gasteiger partial charge < -0.3 is 15.4 Å². The van der Waals surface area contributed by atoms with Crippen molar-refractivity contribution in [3.63, 3.8) is 0 Å². The molecule has 2 aliphatic rings. The van der Waals surface area contributed by atoms with E-state index in [1.54, 1.807) is 6.07 Å². The van der Waals surface area contributed by atoms with Gasteiger partial charge in [0.15, 0.2) is 5.82 Å². The third-order valence-electron chi connectivity index (χ3n) is 7.06. The summed E-state index contributed by atoms with van der Waals surface area (Å²) in [6, 6.07) is 6.93. The third-order valence-corrected chi connectivity index (χ3v) is 7.06. The second-order valence-electron chi connectivity index (χ2n) is 9.19. The molecule has 1 spiro atoms. The maximum absolute atomic E-state index is 15.7. The maximum atomic E-state index is 15.7. The van der Waals surface area contributed by atoms with Gasteiger partial charge in [-0.15, -0.1) is 0 Å². The number of fused-ring (bicyclic) bond motifs is 1. The van der Waals surface area contributed by atoms with Gasteiger partial charge in [-0.05, 0) is 60.2 Å². The highest BCUT2D eigenvalue weighted by Gasteiger charge is 2.43. The second-order valence-corrected chi connectivity index (χ2v) is 9.19. The van der Waals surface area contributed by atoms with E-state index in [9.17, 15) is 4.39 Å². The zero-order valence-corrected chi connectivity index (χ0v) is 19.0. The summed E-state index contributed by atoms with van der Waals surface area (Å²) in [7, 11) is 0. The first-order valence-corrected chi connectivity index (χ1v) is 11.5. The number of likely N-dealkylation sites (tertiary alicyclic amines) is 1. The molecule has 0 saturated carbocycles. The van der Waals surface area contributed by atoms with Crippen LogP contribution in [-0.2, 0) is 11.2 Å². The van der Waals surface area contributed by atoms with Gasteiger partial charge in [0, 0.05) is 31.3 Å². The molecule has 172 valence electrons. The van der Waals surface area contributed by atoms with Crippen molar-refractivity contribution in [2.24, 2.45) is 0 Å². The lowest BCUT2D eigenvalue weighted by molar-refractivity contribution is -0.168. The number of hydrogen-bond acceptors (Lipinski definition) is 4. The van der Waals surface area contributed by atoms with Crippen LogP contribution in [0.4, 0.5) is 14.5 Å². The molecule has 5 nitrogen and oxygen atoms in total. The number of benzene rings is 2. The predicted octanol–water partition coefficient (Wildman–Crippen LogP) is 5.21. The van der Waals surface area contributed by atoms with Crippen molar-refractivity contribution >= 4 is 22.3 Å². The number of nitrogens with two attached hydrogens (primary N) is 1. The molecular formula is C26H28F2N4O. The number of hydrogen-bond donors (Lipinski definition) is 2. The van der Waals surface area contributed by atoms with Gasteiger partial charge in [0.2, 0.25) is 0 Å². The normalized spacial score (nSPS) is 20.3. The molecule has 3 heterocycles. The Balaban J connectivity index is 1.58. The van der Waals surface area contributed by atoms with Crippen molar-refractivity contribution in [1.82, 2.24) is 9.88 Å². The van der Waals surface area contributed by atoms with Crippen LogP contribution < -0.4 is 5.73 Å². The fourth-order valence-electron chi connectivity index (χ4n) is 5.25. The lowest BCUT2D eigenvalue weighted by Crippen LogP contribution is -2.57. The van der Waals surface area contributed by atoms with Gasteiger partial charge in [-0.25, -0.2) is 8.78 Å². The van der Waals surface area contributed by atoms with Gasteiger partial charge in [-0.3, -0.25) is 10.4 Å². The van der Waals surface area contributed by atoms with Crippen molar-refractivity contribution in [1.29, 1.82) is 5.41 Å². The van der Waals surface area contributed by atoms with Crippen LogP contribution in [0.15, 0.2) is 30.5 Å². The topological polar surface area (TPSA) is 75.2 Å². The fraction of sp³-hybridized carbons (Fsp3) is 0.385. The van der Waals surface area contributed by atoms with Crippen LogP contribution in [0.25, 0.3) is 22.0 Å². The number of rotatable bonds is 3. The minimum Gasteiger partial charge on any atom is -0.396 e.